The van der Waals surface area contributed by atoms with Gasteiger partial charge in [0.1, 0.15) is 11.4 Å². The van der Waals surface area contributed by atoms with Gasteiger partial charge < -0.3 is 10.4 Å². The maximum absolute atomic E-state index is 12.9. The number of carbonyl (C=O) groups is 2. The number of aryl methyl sites for hydroxylation is 2. The molecule has 0 saturated heterocycles. The molecule has 146 valence electrons. The first-order valence-corrected chi connectivity index (χ1v) is 9.44. The molecule has 1 aromatic heterocycles. The van der Waals surface area contributed by atoms with Gasteiger partial charge in [-0.3, -0.25) is 14.5 Å². The maximum atomic E-state index is 12.9. The van der Waals surface area contributed by atoms with Crippen LogP contribution < -0.4 is 5.32 Å². The van der Waals surface area contributed by atoms with Crippen LogP contribution in [0, 0.1) is 13.8 Å². The van der Waals surface area contributed by atoms with Crippen LogP contribution in [0.5, 0.6) is 5.75 Å². The minimum absolute atomic E-state index is 0.207. The van der Waals surface area contributed by atoms with Crippen molar-refractivity contribution in [2.75, 3.05) is 18.4 Å². The van der Waals surface area contributed by atoms with Gasteiger partial charge >= 0.3 is 0 Å². The van der Waals surface area contributed by atoms with Gasteiger partial charge in [-0.25, -0.2) is 4.98 Å². The molecule has 2 aromatic rings. The third-order valence-electron chi connectivity index (χ3n) is 4.97. The molecule has 6 heteroatoms. The largest absolute Gasteiger partial charge is 0.508 e. The molecule has 1 heterocycles. The molecule has 0 amide bonds. The van der Waals surface area contributed by atoms with Crippen LogP contribution in [0.3, 0.4) is 0 Å². The molecule has 0 aliphatic heterocycles. The zero-order valence-corrected chi connectivity index (χ0v) is 16.7. The Balaban J connectivity index is 1.90. The first-order chi connectivity index (χ1) is 13.3. The molecule has 1 aromatic carbocycles. The second-order valence-electron chi connectivity index (χ2n) is 6.99. The van der Waals surface area contributed by atoms with Crippen molar-refractivity contribution in [2.24, 2.45) is 0 Å². The van der Waals surface area contributed by atoms with Crippen molar-refractivity contribution in [3.8, 4) is 5.75 Å². The average Bonchev–Trinajstić information content (AvgIpc) is 2.65. The number of aromatic hydroxyl groups is 1. The average molecular weight is 379 g/mol. The van der Waals surface area contributed by atoms with Gasteiger partial charge in [0.2, 0.25) is 11.6 Å². The van der Waals surface area contributed by atoms with E-state index in [1.807, 2.05) is 13.0 Å². The van der Waals surface area contributed by atoms with E-state index < -0.39 is 0 Å². The normalized spacial score (nSPS) is 13.5. The number of hydrogen-bond acceptors (Lipinski definition) is 6. The second-order valence-corrected chi connectivity index (χ2v) is 6.99. The summed E-state index contributed by atoms with van der Waals surface area (Å²) in [7, 11) is 0. The number of hydrogen-bond donors (Lipinski definition) is 2. The van der Waals surface area contributed by atoms with E-state index in [1.165, 1.54) is 6.08 Å². The highest BCUT2D eigenvalue weighted by atomic mass is 16.3. The van der Waals surface area contributed by atoms with E-state index in [-0.39, 0.29) is 28.7 Å². The van der Waals surface area contributed by atoms with Gasteiger partial charge in [0, 0.05) is 29.6 Å². The quantitative estimate of drug-likeness (QED) is 0.746. The van der Waals surface area contributed by atoms with Crippen molar-refractivity contribution in [1.29, 1.82) is 0 Å². The summed E-state index contributed by atoms with van der Waals surface area (Å²) >= 11 is 0. The Morgan fingerprint density at radius 1 is 1.11 bits per heavy atom. The molecule has 0 bridgehead atoms. The van der Waals surface area contributed by atoms with E-state index in [9.17, 15) is 14.7 Å². The van der Waals surface area contributed by atoms with Crippen LogP contribution in [0.4, 0.5) is 5.69 Å². The molecule has 3 rings (SSSR count). The molecule has 0 saturated carbocycles. The summed E-state index contributed by atoms with van der Waals surface area (Å²) < 4.78 is 0. The molecule has 28 heavy (non-hydrogen) atoms. The predicted octanol–water partition coefficient (Wildman–Crippen LogP) is 3.62. The first kappa shape index (κ1) is 19.8. The number of fused-ring (bicyclic) bond motifs is 1. The minimum Gasteiger partial charge on any atom is -0.508 e. The molecule has 1 aliphatic carbocycles. The molecule has 0 radical (unpaired) electrons. The number of phenolic OH excluding ortho intramolecular Hbond substituents is 1. The van der Waals surface area contributed by atoms with Gasteiger partial charge in [-0.1, -0.05) is 13.8 Å². The number of rotatable bonds is 6. The Hall–Kier alpha value is -2.99. The summed E-state index contributed by atoms with van der Waals surface area (Å²) in [5.41, 5.74) is 3.63. The smallest absolute Gasteiger partial charge is 0.211 e. The van der Waals surface area contributed by atoms with E-state index in [2.05, 4.69) is 29.0 Å². The van der Waals surface area contributed by atoms with Crippen LogP contribution in [0.1, 0.15) is 51.5 Å². The van der Waals surface area contributed by atoms with E-state index in [4.69, 9.17) is 0 Å². The van der Waals surface area contributed by atoms with Crippen LogP contribution >= 0.6 is 0 Å². The number of Topliss-reactive ketones (excluding diaryl/α,β-unsaturated/α-hetero) is 1. The van der Waals surface area contributed by atoms with Crippen molar-refractivity contribution in [2.45, 2.75) is 34.2 Å². The van der Waals surface area contributed by atoms with Crippen molar-refractivity contribution in [1.82, 2.24) is 9.88 Å². The first-order valence-electron chi connectivity index (χ1n) is 9.44. The lowest BCUT2D eigenvalue weighted by atomic mass is 9.92. The summed E-state index contributed by atoms with van der Waals surface area (Å²) in [6.07, 6.45) is 1.30. The summed E-state index contributed by atoms with van der Waals surface area (Å²) in [5, 5.41) is 13.2. The highest BCUT2D eigenvalue weighted by Crippen LogP contribution is 2.27. The van der Waals surface area contributed by atoms with Gasteiger partial charge in [-0.15, -0.1) is 0 Å². The highest BCUT2D eigenvalue weighted by Gasteiger charge is 2.29. The van der Waals surface area contributed by atoms with Crippen LogP contribution in [-0.4, -0.2) is 39.6 Å². The Morgan fingerprint density at radius 2 is 1.82 bits per heavy atom. The van der Waals surface area contributed by atoms with Crippen molar-refractivity contribution >= 4 is 17.3 Å². The number of nitrogens with zero attached hydrogens (tertiary/aromatic N) is 2. The number of aromatic nitrogens is 1. The SMILES string of the molecule is CCN(CC)Cc1cc(NC2=CC(=O)c3nc(C)cc(C)c3C2=O)ccc1O. The molecule has 6 nitrogen and oxygen atoms in total. The molecular weight excluding hydrogens is 354 g/mol. The topological polar surface area (TPSA) is 82.5 Å². The number of nitrogens with one attached hydrogen (secondary N) is 1. The van der Waals surface area contributed by atoms with Gasteiger partial charge in [0.15, 0.2) is 0 Å². The van der Waals surface area contributed by atoms with E-state index in [0.29, 0.717) is 23.5 Å². The number of carbonyl (C=O) groups excluding carboxylic acids is 2. The van der Waals surface area contributed by atoms with Gasteiger partial charge in [-0.05, 0) is 56.8 Å². The Bertz CT molecular complexity index is 975. The lowest BCUT2D eigenvalue weighted by molar-refractivity contribution is 0.0981. The number of ketones is 2. The monoisotopic (exact) mass is 379 g/mol. The fourth-order valence-corrected chi connectivity index (χ4v) is 3.43. The summed E-state index contributed by atoms with van der Waals surface area (Å²) in [4.78, 5) is 31.9. The zero-order chi connectivity index (χ0) is 20.4. The van der Waals surface area contributed by atoms with Crippen LogP contribution in [0.25, 0.3) is 0 Å². The van der Waals surface area contributed by atoms with Crippen molar-refractivity contribution < 1.29 is 14.7 Å². The fraction of sp³-hybridized carbons (Fsp3) is 0.318. The lowest BCUT2D eigenvalue weighted by Gasteiger charge is -2.21. The third kappa shape index (κ3) is 3.82. The third-order valence-corrected chi connectivity index (χ3v) is 4.97. The standard InChI is InChI=1S/C22H25N3O3/c1-5-25(6-2)12-15-10-16(7-8-18(15)26)24-17-11-19(27)21-20(22(17)28)13(3)9-14(4)23-21/h7-11,24,26H,5-6,12H2,1-4H3. The lowest BCUT2D eigenvalue weighted by Crippen LogP contribution is -2.24. The predicted molar refractivity (Wildman–Crippen MR) is 109 cm³/mol. The van der Waals surface area contributed by atoms with Gasteiger partial charge in [0.25, 0.3) is 0 Å². The highest BCUT2D eigenvalue weighted by molar-refractivity contribution is 6.25. The Labute approximate surface area is 164 Å². The van der Waals surface area contributed by atoms with E-state index in [1.54, 1.807) is 25.1 Å². The number of pyridine rings is 1. The number of allylic oxidation sites excluding steroid dienone is 2. The molecule has 2 N–H and O–H groups in total. The Morgan fingerprint density at radius 3 is 2.50 bits per heavy atom. The molecule has 0 unspecified atom stereocenters. The van der Waals surface area contributed by atoms with E-state index in [0.717, 1.165) is 24.2 Å². The number of benzene rings is 1. The molecular formula is C22H25N3O3. The number of phenols is 1. The van der Waals surface area contributed by atoms with Crippen molar-refractivity contribution in [3.05, 3.63) is 64.1 Å². The zero-order valence-electron chi connectivity index (χ0n) is 16.7. The molecule has 1 aliphatic rings. The summed E-state index contributed by atoms with van der Waals surface area (Å²) in [5.74, 6) is -0.331. The van der Waals surface area contributed by atoms with Gasteiger partial charge in [0.05, 0.1) is 11.3 Å². The maximum Gasteiger partial charge on any atom is 0.211 e. The molecule has 0 atom stereocenters. The minimum atomic E-state index is -0.286. The summed E-state index contributed by atoms with van der Waals surface area (Å²) in [6, 6.07) is 6.90. The summed E-state index contributed by atoms with van der Waals surface area (Å²) in [6.45, 7) is 10.1. The van der Waals surface area contributed by atoms with Crippen LogP contribution in [-0.2, 0) is 6.54 Å². The number of anilines is 1. The van der Waals surface area contributed by atoms with Crippen LogP contribution in [0.2, 0.25) is 0 Å². The molecule has 0 fully saturated rings. The Kier molecular flexibility index (Phi) is 5.61. The molecule has 0 spiro atoms. The van der Waals surface area contributed by atoms with Gasteiger partial charge in [-0.2, -0.15) is 0 Å². The van der Waals surface area contributed by atoms with E-state index >= 15 is 0 Å². The van der Waals surface area contributed by atoms with Crippen LogP contribution in [0.15, 0.2) is 36.0 Å². The van der Waals surface area contributed by atoms with Crippen molar-refractivity contribution in [3.63, 3.8) is 0 Å². The fourth-order valence-electron chi connectivity index (χ4n) is 3.43. The second kappa shape index (κ2) is 7.94.